The van der Waals surface area contributed by atoms with Crippen LogP contribution in [0.3, 0.4) is 0 Å². The fourth-order valence-corrected chi connectivity index (χ4v) is 1.77. The van der Waals surface area contributed by atoms with Gasteiger partial charge in [0.05, 0.1) is 0 Å². The van der Waals surface area contributed by atoms with E-state index in [-0.39, 0.29) is 0 Å². The summed E-state index contributed by atoms with van der Waals surface area (Å²) in [5, 5.41) is 0. The van der Waals surface area contributed by atoms with E-state index < -0.39 is 0 Å². The molecule has 0 spiro atoms. The molecule has 0 unspecified atom stereocenters. The van der Waals surface area contributed by atoms with E-state index in [2.05, 4.69) is 32.7 Å². The molecular formula is C13H18N2O. The van der Waals surface area contributed by atoms with Crippen LogP contribution >= 0.6 is 0 Å². The van der Waals surface area contributed by atoms with Gasteiger partial charge in [-0.15, -0.1) is 0 Å². The Hall–Kier alpha value is -1.51. The molecule has 0 fully saturated rings. The van der Waals surface area contributed by atoms with Gasteiger partial charge < -0.3 is 10.2 Å². The van der Waals surface area contributed by atoms with Gasteiger partial charge in [0.25, 0.3) is 0 Å². The molecule has 0 aliphatic rings. The van der Waals surface area contributed by atoms with Crippen molar-refractivity contribution in [1.29, 1.82) is 0 Å². The Morgan fingerprint density at radius 1 is 1.12 bits per heavy atom. The van der Waals surface area contributed by atoms with E-state index in [1.165, 1.54) is 0 Å². The minimum Gasteiger partial charge on any atom is -0.440 e. The number of nitrogens with zero attached hydrogens (tertiary/aromatic N) is 1. The number of aromatic nitrogens is 1. The second-order valence-corrected chi connectivity index (χ2v) is 4.82. The van der Waals surface area contributed by atoms with Crippen LogP contribution in [0.2, 0.25) is 0 Å². The van der Waals surface area contributed by atoms with Gasteiger partial charge in [-0.3, -0.25) is 0 Å². The lowest BCUT2D eigenvalue weighted by molar-refractivity contribution is 0.498. The van der Waals surface area contributed by atoms with Crippen LogP contribution in [0.1, 0.15) is 51.0 Å². The average Bonchev–Trinajstić information content (AvgIpc) is 2.59. The van der Waals surface area contributed by atoms with Gasteiger partial charge in [0.15, 0.2) is 11.5 Å². The maximum absolute atomic E-state index is 5.87. The highest BCUT2D eigenvalue weighted by Crippen LogP contribution is 2.30. The summed E-state index contributed by atoms with van der Waals surface area (Å²) in [6.45, 7) is 8.41. The summed E-state index contributed by atoms with van der Waals surface area (Å²) >= 11 is 0. The molecule has 0 atom stereocenters. The van der Waals surface area contributed by atoms with Gasteiger partial charge in [0, 0.05) is 17.2 Å². The molecule has 1 aromatic carbocycles. The second-order valence-electron chi connectivity index (χ2n) is 4.82. The summed E-state index contributed by atoms with van der Waals surface area (Å²) in [6, 6.07) is 3.85. The van der Waals surface area contributed by atoms with Crippen molar-refractivity contribution >= 4 is 16.8 Å². The lowest BCUT2D eigenvalue weighted by Gasteiger charge is -2.06. The van der Waals surface area contributed by atoms with E-state index in [9.17, 15) is 0 Å². The van der Waals surface area contributed by atoms with E-state index in [1.807, 2.05) is 12.1 Å². The standard InChI is InChI=1S/C13H18N2O/c1-7(2)10-5-9(14)6-11-12(10)16-13(15-11)8(3)4/h5-8H,14H2,1-4H3. The summed E-state index contributed by atoms with van der Waals surface area (Å²) in [4.78, 5) is 4.47. The summed E-state index contributed by atoms with van der Waals surface area (Å²) in [7, 11) is 0. The second kappa shape index (κ2) is 3.81. The molecule has 0 aliphatic heterocycles. The van der Waals surface area contributed by atoms with Gasteiger partial charge in [0.1, 0.15) is 5.52 Å². The number of fused-ring (bicyclic) bond motifs is 1. The topological polar surface area (TPSA) is 52.0 Å². The lowest BCUT2D eigenvalue weighted by atomic mass is 10.0. The van der Waals surface area contributed by atoms with Crippen molar-refractivity contribution in [3.63, 3.8) is 0 Å². The summed E-state index contributed by atoms with van der Waals surface area (Å²) < 4.78 is 5.81. The molecule has 16 heavy (non-hydrogen) atoms. The van der Waals surface area contributed by atoms with Crippen molar-refractivity contribution < 1.29 is 4.42 Å². The quantitative estimate of drug-likeness (QED) is 0.783. The third kappa shape index (κ3) is 1.77. The van der Waals surface area contributed by atoms with Crippen molar-refractivity contribution in [3.8, 4) is 0 Å². The summed E-state index contributed by atoms with van der Waals surface area (Å²) in [5.41, 5.74) is 9.50. The van der Waals surface area contributed by atoms with Crippen LogP contribution in [0.15, 0.2) is 16.5 Å². The Morgan fingerprint density at radius 3 is 2.38 bits per heavy atom. The third-order valence-corrected chi connectivity index (χ3v) is 2.67. The molecule has 2 rings (SSSR count). The van der Waals surface area contributed by atoms with Crippen LogP contribution in [0, 0.1) is 0 Å². The first-order valence-corrected chi connectivity index (χ1v) is 5.69. The highest BCUT2D eigenvalue weighted by molar-refractivity contribution is 5.81. The van der Waals surface area contributed by atoms with Crippen molar-refractivity contribution in [2.24, 2.45) is 0 Å². The van der Waals surface area contributed by atoms with Crippen LogP contribution in [0.4, 0.5) is 5.69 Å². The first kappa shape index (κ1) is 11.0. The normalized spacial score (nSPS) is 11.9. The van der Waals surface area contributed by atoms with E-state index in [1.54, 1.807) is 0 Å². The number of benzene rings is 1. The van der Waals surface area contributed by atoms with Gasteiger partial charge in [-0.1, -0.05) is 27.7 Å². The van der Waals surface area contributed by atoms with Gasteiger partial charge in [-0.2, -0.15) is 0 Å². The number of oxazole rings is 1. The first-order chi connectivity index (χ1) is 7.49. The van der Waals surface area contributed by atoms with Gasteiger partial charge in [-0.25, -0.2) is 4.98 Å². The van der Waals surface area contributed by atoms with E-state index in [0.717, 1.165) is 28.2 Å². The number of nitrogens with two attached hydrogens (primary N) is 1. The number of hydrogen-bond acceptors (Lipinski definition) is 3. The third-order valence-electron chi connectivity index (χ3n) is 2.67. The van der Waals surface area contributed by atoms with Crippen LogP contribution in [-0.4, -0.2) is 4.98 Å². The highest BCUT2D eigenvalue weighted by atomic mass is 16.3. The predicted octanol–water partition coefficient (Wildman–Crippen LogP) is 3.66. The van der Waals surface area contributed by atoms with E-state index >= 15 is 0 Å². The molecule has 3 heteroatoms. The zero-order valence-electron chi connectivity index (χ0n) is 10.2. The predicted molar refractivity (Wildman–Crippen MR) is 66.6 cm³/mol. The van der Waals surface area contributed by atoms with E-state index in [0.29, 0.717) is 11.8 Å². The minimum absolute atomic E-state index is 0.300. The molecule has 0 aliphatic carbocycles. The first-order valence-electron chi connectivity index (χ1n) is 5.69. The van der Waals surface area contributed by atoms with Crippen LogP contribution < -0.4 is 5.73 Å². The van der Waals surface area contributed by atoms with Crippen LogP contribution in [0.25, 0.3) is 11.1 Å². The lowest BCUT2D eigenvalue weighted by Crippen LogP contribution is -1.92. The van der Waals surface area contributed by atoms with Crippen molar-refractivity contribution in [3.05, 3.63) is 23.6 Å². The van der Waals surface area contributed by atoms with Gasteiger partial charge in [0.2, 0.25) is 0 Å². The molecule has 0 radical (unpaired) electrons. The molecule has 1 aromatic heterocycles. The zero-order chi connectivity index (χ0) is 11.9. The molecule has 0 bridgehead atoms. The Bertz CT molecular complexity index is 512. The molecule has 0 saturated carbocycles. The maximum atomic E-state index is 5.87. The SMILES string of the molecule is CC(C)c1nc2cc(N)cc(C(C)C)c2o1. The molecule has 0 amide bonds. The summed E-state index contributed by atoms with van der Waals surface area (Å²) in [6.07, 6.45) is 0. The average molecular weight is 218 g/mol. The largest absolute Gasteiger partial charge is 0.440 e. The molecule has 3 nitrogen and oxygen atoms in total. The Balaban J connectivity index is 2.70. The van der Waals surface area contributed by atoms with E-state index in [4.69, 9.17) is 10.2 Å². The zero-order valence-corrected chi connectivity index (χ0v) is 10.2. The van der Waals surface area contributed by atoms with Gasteiger partial charge in [-0.05, 0) is 18.1 Å². The number of rotatable bonds is 2. The van der Waals surface area contributed by atoms with Crippen LogP contribution in [-0.2, 0) is 0 Å². The Labute approximate surface area is 95.7 Å². The summed E-state index contributed by atoms with van der Waals surface area (Å²) in [5.74, 6) is 1.47. The Morgan fingerprint density at radius 2 is 1.81 bits per heavy atom. The maximum Gasteiger partial charge on any atom is 0.198 e. The number of nitrogen functional groups attached to an aromatic ring is 1. The Kier molecular flexibility index (Phi) is 2.62. The fourth-order valence-electron chi connectivity index (χ4n) is 1.77. The molecule has 86 valence electrons. The molecular weight excluding hydrogens is 200 g/mol. The monoisotopic (exact) mass is 218 g/mol. The minimum atomic E-state index is 0.300. The molecule has 1 heterocycles. The fraction of sp³-hybridized carbons (Fsp3) is 0.462. The molecule has 2 aromatic rings. The van der Waals surface area contributed by atoms with Crippen molar-refractivity contribution in [2.45, 2.75) is 39.5 Å². The molecule has 0 saturated heterocycles. The van der Waals surface area contributed by atoms with Gasteiger partial charge >= 0.3 is 0 Å². The van der Waals surface area contributed by atoms with Crippen molar-refractivity contribution in [1.82, 2.24) is 4.98 Å². The number of anilines is 1. The van der Waals surface area contributed by atoms with Crippen LogP contribution in [0.5, 0.6) is 0 Å². The molecule has 2 N–H and O–H groups in total. The smallest absolute Gasteiger partial charge is 0.198 e. The highest BCUT2D eigenvalue weighted by Gasteiger charge is 2.15. The van der Waals surface area contributed by atoms with Crippen molar-refractivity contribution in [2.75, 3.05) is 5.73 Å². The number of hydrogen-bond donors (Lipinski definition) is 1.